The van der Waals surface area contributed by atoms with Crippen LogP contribution in [0.1, 0.15) is 29.8 Å². The number of hydrogen-bond donors (Lipinski definition) is 2. The Morgan fingerprint density at radius 3 is 1.50 bits per heavy atom. The number of amides is 2. The first-order chi connectivity index (χ1) is 10.5. The number of carbonyl (C=O) groups is 3. The first-order valence-electron chi connectivity index (χ1n) is 6.76. The van der Waals surface area contributed by atoms with Gasteiger partial charge in [-0.2, -0.15) is 0 Å². The molecule has 0 aliphatic heterocycles. The lowest BCUT2D eigenvalue weighted by Crippen LogP contribution is -2.09. The van der Waals surface area contributed by atoms with Crippen LogP contribution >= 0.6 is 0 Å². The number of benzene rings is 2. The van der Waals surface area contributed by atoms with E-state index in [-0.39, 0.29) is 17.6 Å². The Morgan fingerprint density at radius 2 is 1.14 bits per heavy atom. The van der Waals surface area contributed by atoms with Gasteiger partial charge in [0.05, 0.1) is 0 Å². The average molecular weight is 296 g/mol. The van der Waals surface area contributed by atoms with E-state index in [1.807, 2.05) is 0 Å². The van der Waals surface area contributed by atoms with Gasteiger partial charge in [0.25, 0.3) is 0 Å². The van der Waals surface area contributed by atoms with Gasteiger partial charge in [-0.15, -0.1) is 0 Å². The Bertz CT molecular complexity index is 677. The van der Waals surface area contributed by atoms with Crippen molar-refractivity contribution < 1.29 is 14.4 Å². The zero-order chi connectivity index (χ0) is 16.1. The van der Waals surface area contributed by atoms with E-state index in [9.17, 15) is 14.4 Å². The molecule has 0 fully saturated rings. The summed E-state index contributed by atoms with van der Waals surface area (Å²) >= 11 is 0. The lowest BCUT2D eigenvalue weighted by atomic mass is 10.0. The van der Waals surface area contributed by atoms with Crippen molar-refractivity contribution in [2.75, 3.05) is 10.6 Å². The maximum Gasteiger partial charge on any atom is 0.221 e. The summed E-state index contributed by atoms with van der Waals surface area (Å²) in [5.74, 6) is -0.575. The lowest BCUT2D eigenvalue weighted by molar-refractivity contribution is -0.115. The maximum absolute atomic E-state index is 12.5. The molecule has 5 heteroatoms. The van der Waals surface area contributed by atoms with Crippen LogP contribution in [0.15, 0.2) is 48.5 Å². The van der Waals surface area contributed by atoms with Gasteiger partial charge < -0.3 is 10.6 Å². The summed E-state index contributed by atoms with van der Waals surface area (Å²) in [5, 5.41) is 5.28. The summed E-state index contributed by atoms with van der Waals surface area (Å²) in [6, 6.07) is 13.4. The highest BCUT2D eigenvalue weighted by molar-refractivity contribution is 6.10. The van der Waals surface area contributed by atoms with Gasteiger partial charge in [0.1, 0.15) is 0 Å². The molecule has 2 aromatic carbocycles. The Balaban J connectivity index is 2.28. The second-order valence-corrected chi connectivity index (χ2v) is 4.85. The van der Waals surface area contributed by atoms with E-state index in [0.29, 0.717) is 22.5 Å². The molecular formula is C17H16N2O3. The summed E-state index contributed by atoms with van der Waals surface area (Å²) in [5.41, 5.74) is 2.06. The van der Waals surface area contributed by atoms with E-state index < -0.39 is 0 Å². The lowest BCUT2D eigenvalue weighted by Gasteiger charge is -2.07. The third kappa shape index (κ3) is 4.02. The largest absolute Gasteiger partial charge is 0.326 e. The zero-order valence-corrected chi connectivity index (χ0v) is 12.3. The summed E-state index contributed by atoms with van der Waals surface area (Å²) in [7, 11) is 0. The van der Waals surface area contributed by atoms with Crippen molar-refractivity contribution in [3.63, 3.8) is 0 Å². The molecule has 0 spiro atoms. The molecule has 0 bridgehead atoms. The van der Waals surface area contributed by atoms with E-state index in [0.717, 1.165) is 0 Å². The molecule has 0 heterocycles. The molecule has 2 aromatic rings. The van der Waals surface area contributed by atoms with Crippen LogP contribution in [0.2, 0.25) is 0 Å². The predicted octanol–water partition coefficient (Wildman–Crippen LogP) is 2.83. The van der Waals surface area contributed by atoms with Crippen molar-refractivity contribution in [1.82, 2.24) is 0 Å². The number of anilines is 2. The Labute approximate surface area is 128 Å². The molecular weight excluding hydrogens is 280 g/mol. The van der Waals surface area contributed by atoms with Gasteiger partial charge >= 0.3 is 0 Å². The minimum absolute atomic E-state index is 0.181. The number of nitrogens with one attached hydrogen (secondary N) is 2. The Hall–Kier alpha value is -2.95. The summed E-state index contributed by atoms with van der Waals surface area (Å²) in [4.78, 5) is 34.6. The fourth-order valence-electron chi connectivity index (χ4n) is 2.05. The first-order valence-corrected chi connectivity index (χ1v) is 6.76. The highest BCUT2D eigenvalue weighted by Crippen LogP contribution is 2.17. The number of hydrogen-bond acceptors (Lipinski definition) is 3. The van der Waals surface area contributed by atoms with Gasteiger partial charge in [-0.3, -0.25) is 14.4 Å². The molecule has 0 saturated heterocycles. The van der Waals surface area contributed by atoms with E-state index >= 15 is 0 Å². The van der Waals surface area contributed by atoms with Crippen molar-refractivity contribution in [3.05, 3.63) is 59.7 Å². The zero-order valence-electron chi connectivity index (χ0n) is 12.3. The van der Waals surface area contributed by atoms with Gasteiger partial charge in [-0.05, 0) is 24.3 Å². The minimum atomic E-state index is -0.197. The van der Waals surface area contributed by atoms with Gasteiger partial charge in [0.2, 0.25) is 11.8 Å². The summed E-state index contributed by atoms with van der Waals surface area (Å²) in [6.45, 7) is 2.82. The van der Waals surface area contributed by atoms with E-state index in [1.165, 1.54) is 13.8 Å². The van der Waals surface area contributed by atoms with Crippen LogP contribution in [-0.4, -0.2) is 17.6 Å². The molecule has 22 heavy (non-hydrogen) atoms. The van der Waals surface area contributed by atoms with Crippen LogP contribution in [0, 0.1) is 0 Å². The molecule has 0 radical (unpaired) electrons. The van der Waals surface area contributed by atoms with E-state index in [1.54, 1.807) is 48.5 Å². The smallest absolute Gasteiger partial charge is 0.221 e. The number of rotatable bonds is 4. The minimum Gasteiger partial charge on any atom is -0.326 e. The van der Waals surface area contributed by atoms with Crippen LogP contribution in [-0.2, 0) is 9.59 Å². The van der Waals surface area contributed by atoms with E-state index in [4.69, 9.17) is 0 Å². The van der Waals surface area contributed by atoms with Gasteiger partial charge in [0, 0.05) is 36.3 Å². The van der Waals surface area contributed by atoms with Gasteiger partial charge in [-0.1, -0.05) is 24.3 Å². The fraction of sp³-hybridized carbons (Fsp3) is 0.118. The highest BCUT2D eigenvalue weighted by Gasteiger charge is 2.11. The molecule has 0 aliphatic rings. The van der Waals surface area contributed by atoms with Crippen LogP contribution in [0.25, 0.3) is 0 Å². The fourth-order valence-corrected chi connectivity index (χ4v) is 2.05. The van der Waals surface area contributed by atoms with Crippen LogP contribution in [0.4, 0.5) is 11.4 Å². The SMILES string of the molecule is CC(=O)Nc1cccc(C(=O)c2cccc(NC(C)=O)c2)c1. The monoisotopic (exact) mass is 296 g/mol. The molecule has 112 valence electrons. The summed E-state index contributed by atoms with van der Waals surface area (Å²) in [6.07, 6.45) is 0. The molecule has 2 amide bonds. The van der Waals surface area contributed by atoms with Crippen molar-refractivity contribution >= 4 is 29.0 Å². The molecule has 0 saturated carbocycles. The second kappa shape index (κ2) is 6.67. The molecule has 0 aromatic heterocycles. The van der Waals surface area contributed by atoms with Crippen LogP contribution in [0.5, 0.6) is 0 Å². The molecule has 5 nitrogen and oxygen atoms in total. The third-order valence-electron chi connectivity index (χ3n) is 2.89. The first kappa shape index (κ1) is 15.4. The quantitative estimate of drug-likeness (QED) is 0.852. The topological polar surface area (TPSA) is 75.3 Å². The molecule has 0 unspecified atom stereocenters. The standard InChI is InChI=1S/C17H16N2O3/c1-11(20)18-15-7-3-5-13(9-15)17(22)14-6-4-8-16(10-14)19-12(2)21/h3-10H,1-2H3,(H,18,20)(H,19,21). The summed E-state index contributed by atoms with van der Waals surface area (Å²) < 4.78 is 0. The number of carbonyl (C=O) groups excluding carboxylic acids is 3. The molecule has 0 atom stereocenters. The number of ketones is 1. The normalized spacial score (nSPS) is 9.91. The van der Waals surface area contributed by atoms with Crippen molar-refractivity contribution in [1.29, 1.82) is 0 Å². The second-order valence-electron chi connectivity index (χ2n) is 4.85. The average Bonchev–Trinajstić information content (AvgIpc) is 2.45. The predicted molar refractivity (Wildman–Crippen MR) is 84.9 cm³/mol. The van der Waals surface area contributed by atoms with Crippen molar-refractivity contribution in [3.8, 4) is 0 Å². The van der Waals surface area contributed by atoms with Crippen molar-refractivity contribution in [2.45, 2.75) is 13.8 Å². The van der Waals surface area contributed by atoms with Crippen LogP contribution in [0.3, 0.4) is 0 Å². The van der Waals surface area contributed by atoms with Gasteiger partial charge in [-0.25, -0.2) is 0 Å². The third-order valence-corrected chi connectivity index (χ3v) is 2.89. The van der Waals surface area contributed by atoms with E-state index in [2.05, 4.69) is 10.6 Å². The van der Waals surface area contributed by atoms with Crippen LogP contribution < -0.4 is 10.6 Å². The van der Waals surface area contributed by atoms with Crippen molar-refractivity contribution in [2.24, 2.45) is 0 Å². The highest BCUT2D eigenvalue weighted by atomic mass is 16.2. The molecule has 2 rings (SSSR count). The molecule has 0 aliphatic carbocycles. The Morgan fingerprint density at radius 1 is 0.727 bits per heavy atom. The maximum atomic E-state index is 12.5. The van der Waals surface area contributed by atoms with Gasteiger partial charge in [0.15, 0.2) is 5.78 Å². The molecule has 2 N–H and O–H groups in total. The Kier molecular flexibility index (Phi) is 4.68.